The molecule has 5 rings (SSSR count). The van der Waals surface area contributed by atoms with Gasteiger partial charge in [-0.3, -0.25) is 0 Å². The summed E-state index contributed by atoms with van der Waals surface area (Å²) < 4.78 is 37.3. The first-order chi connectivity index (χ1) is 19.4. The molecule has 8 nitrogen and oxygen atoms in total. The van der Waals surface area contributed by atoms with E-state index in [-0.39, 0.29) is 23.4 Å². The number of benzene rings is 2. The van der Waals surface area contributed by atoms with Crippen LogP contribution in [-0.2, 0) is 32.0 Å². The van der Waals surface area contributed by atoms with Crippen LogP contribution < -0.4 is 4.74 Å². The molecule has 0 bridgehead atoms. The predicted octanol–water partition coefficient (Wildman–Crippen LogP) is 5.19. The molecule has 0 unspecified atom stereocenters. The van der Waals surface area contributed by atoms with Crippen molar-refractivity contribution in [3.63, 3.8) is 0 Å². The van der Waals surface area contributed by atoms with Crippen molar-refractivity contribution in [3.8, 4) is 11.9 Å². The molecule has 3 aromatic heterocycles. The third-order valence-electron chi connectivity index (χ3n) is 7.77. The van der Waals surface area contributed by atoms with Crippen molar-refractivity contribution in [2.24, 2.45) is 14.1 Å². The number of hydrogen-bond acceptors (Lipinski definition) is 6. The summed E-state index contributed by atoms with van der Waals surface area (Å²) in [5, 5.41) is 23.4. The van der Waals surface area contributed by atoms with Crippen LogP contribution in [0.15, 0.2) is 54.9 Å². The molecule has 0 amide bonds. The van der Waals surface area contributed by atoms with Crippen LogP contribution in [0.3, 0.4) is 0 Å². The van der Waals surface area contributed by atoms with Gasteiger partial charge in [-0.15, -0.1) is 0 Å². The number of imidazole rings is 2. The largest absolute Gasteiger partial charge is 0.481 e. The first-order valence-electron chi connectivity index (χ1n) is 13.0. The number of methoxy groups -OCH3 is 1. The second kappa shape index (κ2) is 10.1. The lowest BCUT2D eigenvalue weighted by molar-refractivity contribution is 0.0174. The summed E-state index contributed by atoms with van der Waals surface area (Å²) in [6.07, 6.45) is 3.40. The number of alkyl halides is 2. The van der Waals surface area contributed by atoms with Crippen LogP contribution >= 0.6 is 0 Å². The molecule has 10 heteroatoms. The van der Waals surface area contributed by atoms with Crippen molar-refractivity contribution in [1.29, 1.82) is 5.26 Å². The Balaban J connectivity index is 1.75. The molecule has 0 aliphatic rings. The number of nitriles is 1. The molecule has 0 aliphatic heterocycles. The van der Waals surface area contributed by atoms with Crippen LogP contribution in [-0.4, -0.2) is 36.3 Å². The van der Waals surface area contributed by atoms with E-state index in [1.165, 1.54) is 19.2 Å². The predicted molar refractivity (Wildman–Crippen MR) is 150 cm³/mol. The lowest BCUT2D eigenvalue weighted by atomic mass is 9.85. The zero-order valence-electron chi connectivity index (χ0n) is 23.7. The van der Waals surface area contributed by atoms with Crippen molar-refractivity contribution in [2.45, 2.75) is 38.7 Å². The molecule has 2 aromatic carbocycles. The summed E-state index contributed by atoms with van der Waals surface area (Å²) in [5.41, 5.74) is 1.57. The molecular weight excluding hydrogens is 526 g/mol. The minimum atomic E-state index is -3.01. The molecule has 210 valence electrons. The highest BCUT2D eigenvalue weighted by molar-refractivity contribution is 5.88. The third kappa shape index (κ3) is 4.62. The number of aromatic nitrogens is 5. The van der Waals surface area contributed by atoms with Gasteiger partial charge >= 0.3 is 0 Å². The number of fused-ring (bicyclic) bond motifs is 1. The van der Waals surface area contributed by atoms with Gasteiger partial charge in [0.05, 0.1) is 42.0 Å². The van der Waals surface area contributed by atoms with Crippen molar-refractivity contribution in [3.05, 3.63) is 106 Å². The van der Waals surface area contributed by atoms with Gasteiger partial charge in [-0.1, -0.05) is 24.3 Å². The summed E-state index contributed by atoms with van der Waals surface area (Å²) in [4.78, 5) is 13.5. The zero-order valence-corrected chi connectivity index (χ0v) is 23.7. The highest BCUT2D eigenvalue weighted by Gasteiger charge is 2.40. The van der Waals surface area contributed by atoms with Gasteiger partial charge in [0, 0.05) is 44.0 Å². The Hall–Kier alpha value is -4.62. The number of aliphatic hydroxyl groups is 1. The summed E-state index contributed by atoms with van der Waals surface area (Å²) >= 11 is 0. The van der Waals surface area contributed by atoms with E-state index in [2.05, 4.69) is 21.0 Å². The molecule has 0 fully saturated rings. The summed E-state index contributed by atoms with van der Waals surface area (Å²) in [6.45, 7) is 4.54. The van der Waals surface area contributed by atoms with Crippen LogP contribution in [0.4, 0.5) is 8.78 Å². The summed E-state index contributed by atoms with van der Waals surface area (Å²) in [6, 6.07) is 13.6. The van der Waals surface area contributed by atoms with Crippen LogP contribution in [0.2, 0.25) is 0 Å². The maximum absolute atomic E-state index is 14.0. The van der Waals surface area contributed by atoms with Gasteiger partial charge in [-0.2, -0.15) is 5.26 Å². The van der Waals surface area contributed by atoms with Gasteiger partial charge in [0.2, 0.25) is 5.88 Å². The number of pyridine rings is 1. The van der Waals surface area contributed by atoms with Gasteiger partial charge in [0.15, 0.2) is 5.60 Å². The van der Waals surface area contributed by atoms with Gasteiger partial charge in [0.1, 0.15) is 17.7 Å². The van der Waals surface area contributed by atoms with E-state index >= 15 is 0 Å². The molecule has 0 atom stereocenters. The van der Waals surface area contributed by atoms with Crippen LogP contribution in [0.5, 0.6) is 5.88 Å². The highest BCUT2D eigenvalue weighted by Crippen LogP contribution is 2.40. The van der Waals surface area contributed by atoms with Gasteiger partial charge in [0.25, 0.3) is 5.92 Å². The van der Waals surface area contributed by atoms with E-state index in [1.54, 1.807) is 42.7 Å². The Morgan fingerprint density at radius 2 is 1.61 bits per heavy atom. The second-order valence-corrected chi connectivity index (χ2v) is 10.3. The van der Waals surface area contributed by atoms with Crippen molar-refractivity contribution >= 4 is 10.9 Å². The maximum atomic E-state index is 14.0. The quantitative estimate of drug-likeness (QED) is 0.296. The molecule has 0 aliphatic carbocycles. The Bertz CT molecular complexity index is 1780. The van der Waals surface area contributed by atoms with E-state index in [0.717, 1.165) is 6.92 Å². The molecule has 0 spiro atoms. The Morgan fingerprint density at radius 3 is 2.12 bits per heavy atom. The second-order valence-electron chi connectivity index (χ2n) is 10.3. The molecule has 0 saturated carbocycles. The van der Waals surface area contributed by atoms with E-state index in [0.29, 0.717) is 50.6 Å². The SMILES string of the molecule is COc1nc2ccc(C(O)(c3cnc(C)n3C)c3cnc(C)n3C)cc2c(C#N)c1Cc1cccc(C(C)(F)F)c1. The minimum Gasteiger partial charge on any atom is -0.481 e. The lowest BCUT2D eigenvalue weighted by Crippen LogP contribution is -2.33. The summed E-state index contributed by atoms with van der Waals surface area (Å²) in [7, 11) is 5.11. The zero-order chi connectivity index (χ0) is 29.7. The maximum Gasteiger partial charge on any atom is 0.270 e. The smallest absolute Gasteiger partial charge is 0.270 e. The Labute approximate surface area is 236 Å². The van der Waals surface area contributed by atoms with Crippen LogP contribution in [0, 0.1) is 25.2 Å². The normalized spacial score (nSPS) is 12.1. The van der Waals surface area contributed by atoms with E-state index < -0.39 is 11.5 Å². The molecule has 3 heterocycles. The van der Waals surface area contributed by atoms with Crippen LogP contribution in [0.1, 0.15) is 57.8 Å². The van der Waals surface area contributed by atoms with E-state index in [1.807, 2.05) is 37.1 Å². The number of halogens is 2. The Kier molecular flexibility index (Phi) is 6.87. The molecule has 0 saturated heterocycles. The van der Waals surface area contributed by atoms with Crippen molar-refractivity contribution < 1.29 is 18.6 Å². The first-order valence-corrected chi connectivity index (χ1v) is 13.0. The highest BCUT2D eigenvalue weighted by atomic mass is 19.3. The van der Waals surface area contributed by atoms with E-state index in [9.17, 15) is 19.1 Å². The van der Waals surface area contributed by atoms with Crippen molar-refractivity contribution in [2.75, 3.05) is 7.11 Å². The topological polar surface area (TPSA) is 102 Å². The average Bonchev–Trinajstić information content (AvgIpc) is 3.47. The minimum absolute atomic E-state index is 0.119. The van der Waals surface area contributed by atoms with Crippen molar-refractivity contribution in [1.82, 2.24) is 24.1 Å². The number of nitrogens with zero attached hydrogens (tertiary/aromatic N) is 6. The van der Waals surface area contributed by atoms with Gasteiger partial charge in [-0.25, -0.2) is 23.7 Å². The molecule has 1 N–H and O–H groups in total. The number of aryl methyl sites for hydroxylation is 2. The number of rotatable bonds is 7. The van der Waals surface area contributed by atoms with Crippen LogP contribution in [0.25, 0.3) is 10.9 Å². The summed E-state index contributed by atoms with van der Waals surface area (Å²) in [5.74, 6) is -1.35. The van der Waals surface area contributed by atoms with Gasteiger partial charge < -0.3 is 19.0 Å². The third-order valence-corrected chi connectivity index (χ3v) is 7.77. The standard InChI is InChI=1S/C31H30F2N6O2/c1-18-35-16-27(38(18)4)31(40,28-17-36-19(2)39(28)5)22-10-11-26-23(14-22)25(15-34)24(29(37-26)41-6)13-20-8-7-9-21(12-20)30(3,32)33/h7-12,14,16-17,40H,13H2,1-6H3. The average molecular weight is 557 g/mol. The Morgan fingerprint density at radius 1 is 0.976 bits per heavy atom. The number of ether oxygens (including phenoxy) is 1. The fraction of sp³-hybridized carbons (Fsp3) is 0.290. The monoisotopic (exact) mass is 556 g/mol. The van der Waals surface area contributed by atoms with Gasteiger partial charge in [-0.05, 0) is 43.2 Å². The fourth-order valence-electron chi connectivity index (χ4n) is 5.23. The molecule has 41 heavy (non-hydrogen) atoms. The molecular formula is C31H30F2N6O2. The fourth-order valence-corrected chi connectivity index (χ4v) is 5.23. The van der Waals surface area contributed by atoms with E-state index in [4.69, 9.17) is 4.74 Å². The number of hydrogen-bond donors (Lipinski definition) is 1. The molecule has 0 radical (unpaired) electrons. The lowest BCUT2D eigenvalue weighted by Gasteiger charge is -2.30. The first kappa shape index (κ1) is 27.9. The molecule has 5 aromatic rings.